The van der Waals surface area contributed by atoms with Crippen LogP contribution in [0.4, 0.5) is 15.2 Å². The molecular formula is C29H20FN3O4S2. The van der Waals surface area contributed by atoms with Crippen LogP contribution >= 0.6 is 23.1 Å². The second-order valence-corrected chi connectivity index (χ2v) is 10.3. The van der Waals surface area contributed by atoms with Crippen molar-refractivity contribution in [2.24, 2.45) is 0 Å². The molecule has 4 aromatic carbocycles. The van der Waals surface area contributed by atoms with Gasteiger partial charge in [-0.15, -0.1) is 23.1 Å². The minimum atomic E-state index is -1.11. The van der Waals surface area contributed by atoms with E-state index in [0.29, 0.717) is 27.3 Å². The Kier molecular flexibility index (Phi) is 7.67. The van der Waals surface area contributed by atoms with Crippen LogP contribution in [0.3, 0.4) is 0 Å². The Morgan fingerprint density at radius 1 is 0.897 bits per heavy atom. The molecule has 7 nitrogen and oxygen atoms in total. The molecule has 0 bridgehead atoms. The fraction of sp³-hybridized carbons (Fsp3) is 0.0345. The van der Waals surface area contributed by atoms with Gasteiger partial charge in [-0.1, -0.05) is 30.3 Å². The molecule has 0 spiro atoms. The highest BCUT2D eigenvalue weighted by Crippen LogP contribution is 2.28. The summed E-state index contributed by atoms with van der Waals surface area (Å²) in [4.78, 5) is 42.5. The number of amides is 2. The molecule has 194 valence electrons. The van der Waals surface area contributed by atoms with Gasteiger partial charge in [0.2, 0.25) is 5.91 Å². The van der Waals surface area contributed by atoms with Crippen LogP contribution in [0.5, 0.6) is 0 Å². The number of thiazole rings is 1. The van der Waals surface area contributed by atoms with Gasteiger partial charge in [0.25, 0.3) is 5.91 Å². The largest absolute Gasteiger partial charge is 0.478 e. The quantitative estimate of drug-likeness (QED) is 0.182. The van der Waals surface area contributed by atoms with E-state index in [2.05, 4.69) is 15.6 Å². The van der Waals surface area contributed by atoms with Crippen molar-refractivity contribution >= 4 is 62.5 Å². The maximum atomic E-state index is 13.1. The highest BCUT2D eigenvalue weighted by molar-refractivity contribution is 8.00. The third kappa shape index (κ3) is 6.14. The van der Waals surface area contributed by atoms with Gasteiger partial charge >= 0.3 is 5.97 Å². The van der Waals surface area contributed by atoms with Crippen LogP contribution in [0, 0.1) is 5.82 Å². The molecule has 1 aromatic heterocycles. The maximum absolute atomic E-state index is 13.1. The van der Waals surface area contributed by atoms with E-state index in [1.165, 1.54) is 41.3 Å². The van der Waals surface area contributed by atoms with Crippen molar-refractivity contribution in [3.05, 3.63) is 107 Å². The number of hydrogen-bond acceptors (Lipinski definition) is 6. The van der Waals surface area contributed by atoms with Gasteiger partial charge in [0.05, 0.1) is 17.0 Å². The predicted molar refractivity (Wildman–Crippen MR) is 152 cm³/mol. The molecule has 1 heterocycles. The smallest absolute Gasteiger partial charge is 0.336 e. The number of aromatic carboxylic acids is 1. The van der Waals surface area contributed by atoms with Crippen molar-refractivity contribution < 1.29 is 23.9 Å². The number of carboxylic acid groups (broad SMARTS) is 1. The number of benzene rings is 4. The Labute approximate surface area is 230 Å². The van der Waals surface area contributed by atoms with Crippen molar-refractivity contribution in [3.8, 4) is 11.3 Å². The first-order valence-electron chi connectivity index (χ1n) is 11.7. The van der Waals surface area contributed by atoms with Gasteiger partial charge in [0, 0.05) is 32.5 Å². The van der Waals surface area contributed by atoms with Gasteiger partial charge in [-0.2, -0.15) is 0 Å². The first-order valence-corrected chi connectivity index (χ1v) is 13.5. The number of aromatic nitrogens is 1. The maximum Gasteiger partial charge on any atom is 0.336 e. The zero-order valence-corrected chi connectivity index (χ0v) is 21.8. The number of halogens is 1. The van der Waals surface area contributed by atoms with Crippen LogP contribution in [0.1, 0.15) is 20.7 Å². The van der Waals surface area contributed by atoms with Crippen molar-refractivity contribution in [3.63, 3.8) is 0 Å². The first-order chi connectivity index (χ1) is 18.9. The summed E-state index contributed by atoms with van der Waals surface area (Å²) >= 11 is 2.57. The topological polar surface area (TPSA) is 108 Å². The third-order valence-electron chi connectivity index (χ3n) is 5.73. The van der Waals surface area contributed by atoms with Crippen molar-refractivity contribution in [1.82, 2.24) is 4.98 Å². The lowest BCUT2D eigenvalue weighted by Crippen LogP contribution is -2.14. The zero-order chi connectivity index (χ0) is 27.4. The van der Waals surface area contributed by atoms with E-state index in [1.807, 2.05) is 6.07 Å². The average Bonchev–Trinajstić information content (AvgIpc) is 3.40. The molecule has 0 atom stereocenters. The highest BCUT2D eigenvalue weighted by Gasteiger charge is 2.17. The van der Waals surface area contributed by atoms with Crippen LogP contribution in [0.15, 0.2) is 95.2 Å². The monoisotopic (exact) mass is 557 g/mol. The number of thioether (sulfide) groups is 1. The van der Waals surface area contributed by atoms with E-state index in [4.69, 9.17) is 0 Å². The molecule has 5 rings (SSSR count). The van der Waals surface area contributed by atoms with Gasteiger partial charge in [-0.3, -0.25) is 9.59 Å². The van der Waals surface area contributed by atoms with Gasteiger partial charge in [0.1, 0.15) is 5.82 Å². The van der Waals surface area contributed by atoms with Gasteiger partial charge < -0.3 is 15.7 Å². The summed E-state index contributed by atoms with van der Waals surface area (Å²) in [7, 11) is 0. The molecule has 0 saturated carbocycles. The number of fused-ring (bicyclic) bond motifs is 1. The molecular weight excluding hydrogens is 537 g/mol. The second kappa shape index (κ2) is 11.5. The second-order valence-electron chi connectivity index (χ2n) is 8.38. The van der Waals surface area contributed by atoms with Gasteiger partial charge in [-0.05, 0) is 60.0 Å². The van der Waals surface area contributed by atoms with E-state index >= 15 is 0 Å². The molecule has 10 heteroatoms. The van der Waals surface area contributed by atoms with Crippen molar-refractivity contribution in [2.45, 2.75) is 4.90 Å². The van der Waals surface area contributed by atoms with Gasteiger partial charge in [-0.25, -0.2) is 14.2 Å². The molecule has 3 N–H and O–H groups in total. The lowest BCUT2D eigenvalue weighted by atomic mass is 9.98. The van der Waals surface area contributed by atoms with Crippen molar-refractivity contribution in [1.29, 1.82) is 0 Å². The van der Waals surface area contributed by atoms with E-state index in [-0.39, 0.29) is 28.6 Å². The summed E-state index contributed by atoms with van der Waals surface area (Å²) in [5.41, 5.74) is 2.22. The minimum absolute atomic E-state index is 0.0542. The lowest BCUT2D eigenvalue weighted by Gasteiger charge is -2.11. The van der Waals surface area contributed by atoms with Crippen molar-refractivity contribution in [2.75, 3.05) is 16.4 Å². The van der Waals surface area contributed by atoms with Crippen LogP contribution in [0.25, 0.3) is 22.0 Å². The summed E-state index contributed by atoms with van der Waals surface area (Å²) in [5.74, 6) is -2.00. The molecule has 0 fully saturated rings. The summed E-state index contributed by atoms with van der Waals surface area (Å²) in [6.07, 6.45) is 0. The average molecular weight is 558 g/mol. The van der Waals surface area contributed by atoms with Crippen LogP contribution in [0.2, 0.25) is 0 Å². The Balaban J connectivity index is 1.22. The Morgan fingerprint density at radius 2 is 1.62 bits per heavy atom. The Morgan fingerprint density at radius 3 is 2.36 bits per heavy atom. The van der Waals surface area contributed by atoms with E-state index < -0.39 is 11.9 Å². The SMILES string of the molecule is O=C(CSc1cccc(NC(=O)c2cccc3cccc(C(=O)O)c23)c1)Nc1nc(-c2ccc(F)cc2)cs1. The molecule has 0 aliphatic carbocycles. The predicted octanol–water partition coefficient (Wildman–Crippen LogP) is 6.78. The fourth-order valence-corrected chi connectivity index (χ4v) is 5.45. The number of hydrogen-bond donors (Lipinski definition) is 3. The molecule has 0 radical (unpaired) electrons. The summed E-state index contributed by atoms with van der Waals surface area (Å²) in [6, 6.07) is 23.0. The fourth-order valence-electron chi connectivity index (χ4n) is 3.96. The molecule has 0 unspecified atom stereocenters. The zero-order valence-electron chi connectivity index (χ0n) is 20.2. The highest BCUT2D eigenvalue weighted by atomic mass is 32.2. The molecule has 39 heavy (non-hydrogen) atoms. The van der Waals surface area contributed by atoms with Crippen LogP contribution < -0.4 is 10.6 Å². The molecule has 0 aliphatic rings. The van der Waals surface area contributed by atoms with E-state index in [1.54, 1.807) is 66.0 Å². The van der Waals surface area contributed by atoms with E-state index in [0.717, 1.165) is 10.5 Å². The standard InChI is InChI=1S/C29H20FN3O4S2/c30-19-12-10-17(11-13-19)24-15-39-29(32-24)33-25(34)16-38-21-7-3-6-20(14-21)31-27(35)22-8-1-4-18-5-2-9-23(26(18)22)28(36)37/h1-15H,16H2,(H,31,35)(H,36,37)(H,32,33,34). The third-order valence-corrected chi connectivity index (χ3v) is 7.48. The summed E-state index contributed by atoms with van der Waals surface area (Å²) in [6.45, 7) is 0. The number of carbonyl (C=O) groups is 3. The number of nitrogens with zero attached hydrogens (tertiary/aromatic N) is 1. The molecule has 2 amide bonds. The Bertz CT molecular complexity index is 1700. The number of anilines is 2. The lowest BCUT2D eigenvalue weighted by molar-refractivity contribution is -0.113. The minimum Gasteiger partial charge on any atom is -0.478 e. The number of rotatable bonds is 8. The molecule has 0 aliphatic heterocycles. The number of carboxylic acids is 1. The van der Waals surface area contributed by atoms with Crippen LogP contribution in [-0.2, 0) is 4.79 Å². The Hall–Kier alpha value is -4.54. The molecule has 5 aromatic rings. The summed E-state index contributed by atoms with van der Waals surface area (Å²) < 4.78 is 13.1. The molecule has 0 saturated heterocycles. The van der Waals surface area contributed by atoms with Gasteiger partial charge in [0.15, 0.2) is 5.13 Å². The van der Waals surface area contributed by atoms with E-state index in [9.17, 15) is 23.9 Å². The number of carbonyl (C=O) groups excluding carboxylic acids is 2. The summed E-state index contributed by atoms with van der Waals surface area (Å²) in [5, 5.41) is 18.4. The normalized spacial score (nSPS) is 10.8. The number of nitrogens with one attached hydrogen (secondary N) is 2. The first kappa shape index (κ1) is 26.1. The van der Waals surface area contributed by atoms with Crippen LogP contribution in [-0.4, -0.2) is 33.6 Å².